The molecule has 2 aromatic rings. The molecule has 2 heteroatoms. The maximum Gasteiger partial charge on any atom is 0.0702 e. The van der Waals surface area contributed by atoms with Crippen LogP contribution in [0.1, 0.15) is 5.56 Å². The second kappa shape index (κ2) is 2.77. The highest BCUT2D eigenvalue weighted by Crippen LogP contribution is 2.21. The molecule has 1 aromatic heterocycles. The molecule has 0 aliphatic carbocycles. The van der Waals surface area contributed by atoms with Gasteiger partial charge in [-0.2, -0.15) is 0 Å². The topological polar surface area (TPSA) is 29.9 Å². The standard InChI is InChI=1S/C12H9N2/c1-2-11(13-6-1)9-3-4-12-10(8-9)5-7-14-12/h1-8,14H. The summed E-state index contributed by atoms with van der Waals surface area (Å²) in [5.41, 5.74) is 3.37. The molecule has 0 spiro atoms. The molecule has 0 saturated heterocycles. The predicted molar refractivity (Wildman–Crippen MR) is 57.5 cm³/mol. The molecule has 1 aliphatic heterocycles. The molecule has 2 heterocycles. The van der Waals surface area contributed by atoms with Crippen molar-refractivity contribution in [2.75, 3.05) is 0 Å². The Kier molecular flexibility index (Phi) is 1.47. The molecule has 1 aliphatic rings. The highest BCUT2D eigenvalue weighted by Gasteiger charge is 2.04. The summed E-state index contributed by atoms with van der Waals surface area (Å²) in [4.78, 5) is 3.17. The van der Waals surface area contributed by atoms with E-state index in [0.717, 1.165) is 5.70 Å². The van der Waals surface area contributed by atoms with E-state index in [1.165, 1.54) is 16.5 Å². The van der Waals surface area contributed by atoms with Crippen molar-refractivity contribution in [1.82, 2.24) is 10.3 Å². The van der Waals surface area contributed by atoms with Crippen LogP contribution in [0.25, 0.3) is 16.6 Å². The van der Waals surface area contributed by atoms with E-state index in [4.69, 9.17) is 0 Å². The number of aromatic nitrogens is 1. The van der Waals surface area contributed by atoms with Gasteiger partial charge in [0.05, 0.1) is 5.70 Å². The zero-order valence-electron chi connectivity index (χ0n) is 7.57. The third-order valence-electron chi connectivity index (χ3n) is 2.40. The Morgan fingerprint density at radius 2 is 2.14 bits per heavy atom. The van der Waals surface area contributed by atoms with Gasteiger partial charge < -0.3 is 4.98 Å². The van der Waals surface area contributed by atoms with Crippen molar-refractivity contribution in [3.63, 3.8) is 0 Å². The SMILES string of the molecule is C1=C[N]C(c2ccc3[nH]ccc3c2)=C1. The Balaban J connectivity index is 2.13. The molecule has 1 N–H and O–H groups in total. The molecule has 67 valence electrons. The zero-order valence-corrected chi connectivity index (χ0v) is 7.57. The summed E-state index contributed by atoms with van der Waals surface area (Å²) >= 11 is 0. The Morgan fingerprint density at radius 1 is 1.14 bits per heavy atom. The van der Waals surface area contributed by atoms with Crippen molar-refractivity contribution in [2.45, 2.75) is 0 Å². The van der Waals surface area contributed by atoms with Crippen molar-refractivity contribution in [1.29, 1.82) is 0 Å². The first kappa shape index (κ1) is 7.44. The molecule has 0 amide bonds. The largest absolute Gasteiger partial charge is 0.361 e. The Morgan fingerprint density at radius 3 is 3.00 bits per heavy atom. The van der Waals surface area contributed by atoms with Crippen LogP contribution in [0, 0.1) is 0 Å². The molecule has 3 rings (SSSR count). The molecule has 0 atom stereocenters. The fraction of sp³-hybridized carbons (Fsp3) is 0. The first-order valence-electron chi connectivity index (χ1n) is 4.59. The number of nitrogens with zero attached hydrogens (tertiary/aromatic N) is 1. The summed E-state index contributed by atoms with van der Waals surface area (Å²) in [7, 11) is 0. The normalized spacial score (nSPS) is 14.4. The average molecular weight is 181 g/mol. The first-order valence-corrected chi connectivity index (χ1v) is 4.59. The van der Waals surface area contributed by atoms with Crippen molar-refractivity contribution in [3.8, 4) is 0 Å². The number of aromatic amines is 1. The van der Waals surface area contributed by atoms with Gasteiger partial charge in [-0.25, -0.2) is 0 Å². The fourth-order valence-corrected chi connectivity index (χ4v) is 1.68. The molecule has 1 radical (unpaired) electrons. The van der Waals surface area contributed by atoms with Crippen LogP contribution in [0.15, 0.2) is 48.8 Å². The summed E-state index contributed by atoms with van der Waals surface area (Å²) in [5, 5.41) is 5.49. The minimum absolute atomic E-state index is 1.04. The second-order valence-corrected chi connectivity index (χ2v) is 3.30. The molecule has 2 nitrogen and oxygen atoms in total. The number of rotatable bonds is 1. The molecule has 1 aromatic carbocycles. The van der Waals surface area contributed by atoms with Crippen molar-refractivity contribution >= 4 is 16.6 Å². The number of allylic oxidation sites excluding steroid dienone is 2. The maximum absolute atomic E-state index is 4.27. The number of H-pyrrole nitrogens is 1. The van der Waals surface area contributed by atoms with Gasteiger partial charge in [0.2, 0.25) is 0 Å². The van der Waals surface area contributed by atoms with Gasteiger partial charge >= 0.3 is 0 Å². The molecule has 0 fully saturated rings. The molecule has 14 heavy (non-hydrogen) atoms. The molecular weight excluding hydrogens is 172 g/mol. The van der Waals surface area contributed by atoms with Crippen molar-refractivity contribution in [3.05, 3.63) is 54.4 Å². The van der Waals surface area contributed by atoms with Crippen LogP contribution < -0.4 is 5.32 Å². The van der Waals surface area contributed by atoms with Crippen LogP contribution in [-0.2, 0) is 0 Å². The van der Waals surface area contributed by atoms with Gasteiger partial charge in [0, 0.05) is 28.9 Å². The highest BCUT2D eigenvalue weighted by atomic mass is 14.9. The average Bonchev–Trinajstić information content (AvgIpc) is 2.88. The van der Waals surface area contributed by atoms with E-state index in [0.29, 0.717) is 0 Å². The van der Waals surface area contributed by atoms with Gasteiger partial charge in [-0.3, -0.25) is 5.32 Å². The number of hydrogen-bond donors (Lipinski definition) is 1. The molecule has 0 unspecified atom stereocenters. The van der Waals surface area contributed by atoms with Gasteiger partial charge in [-0.1, -0.05) is 6.07 Å². The highest BCUT2D eigenvalue weighted by molar-refractivity contribution is 5.84. The van der Waals surface area contributed by atoms with Crippen LogP contribution in [-0.4, -0.2) is 4.98 Å². The Hall–Kier alpha value is -1.96. The summed E-state index contributed by atoms with van der Waals surface area (Å²) in [5.74, 6) is 0. The Bertz CT molecular complexity index is 532. The number of benzene rings is 1. The molecule has 0 saturated carbocycles. The summed E-state index contributed by atoms with van der Waals surface area (Å²) in [6.45, 7) is 0. The van der Waals surface area contributed by atoms with Crippen molar-refractivity contribution < 1.29 is 0 Å². The van der Waals surface area contributed by atoms with Crippen LogP contribution >= 0.6 is 0 Å². The van der Waals surface area contributed by atoms with Gasteiger partial charge in [0.1, 0.15) is 0 Å². The molecular formula is C12H9N2. The van der Waals surface area contributed by atoms with Crippen LogP contribution in [0.3, 0.4) is 0 Å². The minimum Gasteiger partial charge on any atom is -0.361 e. The summed E-state index contributed by atoms with van der Waals surface area (Å²) < 4.78 is 0. The van der Waals surface area contributed by atoms with Crippen LogP contribution in [0.5, 0.6) is 0 Å². The van der Waals surface area contributed by atoms with E-state index < -0.39 is 0 Å². The third-order valence-corrected chi connectivity index (χ3v) is 2.40. The lowest BCUT2D eigenvalue weighted by atomic mass is 10.1. The summed E-state index contributed by atoms with van der Waals surface area (Å²) in [6, 6.07) is 8.39. The lowest BCUT2D eigenvalue weighted by Gasteiger charge is -2.01. The second-order valence-electron chi connectivity index (χ2n) is 3.30. The van der Waals surface area contributed by atoms with E-state index in [-0.39, 0.29) is 0 Å². The van der Waals surface area contributed by atoms with E-state index in [2.05, 4.69) is 34.6 Å². The Labute approximate surface area is 81.9 Å². The van der Waals surface area contributed by atoms with E-state index in [9.17, 15) is 0 Å². The number of nitrogens with one attached hydrogen (secondary N) is 1. The fourth-order valence-electron chi connectivity index (χ4n) is 1.68. The predicted octanol–water partition coefficient (Wildman–Crippen LogP) is 2.64. The third kappa shape index (κ3) is 1.04. The number of hydrogen-bond acceptors (Lipinski definition) is 0. The number of fused-ring (bicyclic) bond motifs is 1. The van der Waals surface area contributed by atoms with Gasteiger partial charge in [-0.05, 0) is 30.4 Å². The zero-order chi connectivity index (χ0) is 9.38. The molecule has 0 bridgehead atoms. The lowest BCUT2D eigenvalue weighted by molar-refractivity contribution is 1.23. The maximum atomic E-state index is 4.27. The van der Waals surface area contributed by atoms with E-state index in [1.807, 2.05) is 24.5 Å². The quantitative estimate of drug-likeness (QED) is 0.701. The van der Waals surface area contributed by atoms with E-state index in [1.54, 1.807) is 0 Å². The van der Waals surface area contributed by atoms with Crippen LogP contribution in [0.4, 0.5) is 0 Å². The smallest absolute Gasteiger partial charge is 0.0702 e. The monoisotopic (exact) mass is 181 g/mol. The van der Waals surface area contributed by atoms with Gasteiger partial charge in [0.25, 0.3) is 0 Å². The van der Waals surface area contributed by atoms with Gasteiger partial charge in [-0.15, -0.1) is 0 Å². The minimum atomic E-state index is 1.04. The first-order chi connectivity index (χ1) is 6.93. The van der Waals surface area contributed by atoms with Crippen LogP contribution in [0.2, 0.25) is 0 Å². The summed E-state index contributed by atoms with van der Waals surface area (Å²) in [6.07, 6.45) is 7.74. The van der Waals surface area contributed by atoms with Gasteiger partial charge in [0.15, 0.2) is 0 Å². The van der Waals surface area contributed by atoms with E-state index >= 15 is 0 Å². The van der Waals surface area contributed by atoms with Crippen molar-refractivity contribution in [2.24, 2.45) is 0 Å². The lowest BCUT2D eigenvalue weighted by Crippen LogP contribution is -1.90.